The van der Waals surface area contributed by atoms with E-state index in [2.05, 4.69) is 67.6 Å². The Labute approximate surface area is 215 Å². The van der Waals surface area contributed by atoms with Gasteiger partial charge in [0.15, 0.2) is 0 Å². The van der Waals surface area contributed by atoms with E-state index in [9.17, 15) is 0 Å². The van der Waals surface area contributed by atoms with Crippen LogP contribution < -0.4 is 0 Å². The highest BCUT2D eigenvalue weighted by molar-refractivity contribution is 5.24. The molecule has 3 rings (SSSR count). The summed E-state index contributed by atoms with van der Waals surface area (Å²) in [4.78, 5) is 0. The molecule has 1 aliphatic carbocycles. The highest BCUT2D eigenvalue weighted by atomic mass is 16.5. The van der Waals surface area contributed by atoms with Gasteiger partial charge in [-0.3, -0.25) is 0 Å². The van der Waals surface area contributed by atoms with Gasteiger partial charge in [0.05, 0.1) is 13.2 Å². The summed E-state index contributed by atoms with van der Waals surface area (Å²) in [6.45, 7) is 5.62. The zero-order chi connectivity index (χ0) is 24.6. The summed E-state index contributed by atoms with van der Waals surface area (Å²) in [6.07, 6.45) is 24.6. The summed E-state index contributed by atoms with van der Waals surface area (Å²) in [5.41, 5.74) is 5.69. The van der Waals surface area contributed by atoms with E-state index in [4.69, 9.17) is 4.74 Å². The molecule has 0 bridgehead atoms. The molecule has 0 radical (unpaired) electrons. The lowest BCUT2D eigenvalue weighted by Gasteiger charge is -2.28. The average Bonchev–Trinajstić information content (AvgIpc) is 2.90. The van der Waals surface area contributed by atoms with Crippen molar-refractivity contribution in [3.63, 3.8) is 0 Å². The Morgan fingerprint density at radius 3 is 1.94 bits per heavy atom. The molecular formula is C34H48O. The Bertz CT molecular complexity index is 850. The van der Waals surface area contributed by atoms with Gasteiger partial charge in [0.2, 0.25) is 0 Å². The molecular weight excluding hydrogens is 424 g/mol. The highest BCUT2D eigenvalue weighted by Gasteiger charge is 2.20. The molecule has 1 fully saturated rings. The minimum atomic E-state index is 0.700. The first-order valence-electron chi connectivity index (χ1n) is 14.3. The topological polar surface area (TPSA) is 9.23 Å². The van der Waals surface area contributed by atoms with Crippen molar-refractivity contribution in [3.8, 4) is 0 Å². The fraction of sp³-hybridized carbons (Fsp3) is 0.529. The highest BCUT2D eigenvalue weighted by Crippen LogP contribution is 2.34. The smallest absolute Gasteiger partial charge is 0.0721 e. The molecule has 2 aromatic carbocycles. The summed E-state index contributed by atoms with van der Waals surface area (Å²) in [6, 6.07) is 18.4. The Morgan fingerprint density at radius 2 is 1.29 bits per heavy atom. The van der Waals surface area contributed by atoms with Crippen LogP contribution in [-0.4, -0.2) is 6.61 Å². The van der Waals surface area contributed by atoms with Crippen LogP contribution in [0.4, 0.5) is 0 Å². The van der Waals surface area contributed by atoms with Crippen LogP contribution in [0.5, 0.6) is 0 Å². The molecule has 1 aliphatic rings. The van der Waals surface area contributed by atoms with Crippen LogP contribution in [0.2, 0.25) is 0 Å². The molecule has 0 atom stereocenters. The Hall–Kier alpha value is -2.12. The van der Waals surface area contributed by atoms with E-state index in [0.29, 0.717) is 13.2 Å². The number of hydrogen-bond donors (Lipinski definition) is 0. The number of rotatable bonds is 15. The van der Waals surface area contributed by atoms with Crippen LogP contribution >= 0.6 is 0 Å². The van der Waals surface area contributed by atoms with E-state index in [1.54, 1.807) is 0 Å². The number of ether oxygens (including phenoxy) is 1. The van der Waals surface area contributed by atoms with Gasteiger partial charge in [-0.25, -0.2) is 0 Å². The SMILES string of the molecule is C/C=C/COCc1ccc(CCCCC2CCC(CCc3ccc(C/C=C/CC)cc3)CC2)cc1. The predicted molar refractivity (Wildman–Crippen MR) is 152 cm³/mol. The van der Waals surface area contributed by atoms with Gasteiger partial charge in [0.1, 0.15) is 0 Å². The summed E-state index contributed by atoms with van der Waals surface area (Å²) in [5.74, 6) is 1.91. The van der Waals surface area contributed by atoms with Gasteiger partial charge in [0.25, 0.3) is 0 Å². The number of hydrogen-bond acceptors (Lipinski definition) is 1. The first kappa shape index (κ1) is 27.5. The van der Waals surface area contributed by atoms with E-state index in [-0.39, 0.29) is 0 Å². The molecule has 0 aliphatic heterocycles. The monoisotopic (exact) mass is 472 g/mol. The van der Waals surface area contributed by atoms with Gasteiger partial charge in [0, 0.05) is 0 Å². The van der Waals surface area contributed by atoms with E-state index >= 15 is 0 Å². The number of unbranched alkanes of at least 4 members (excludes halogenated alkanes) is 1. The minimum absolute atomic E-state index is 0.700. The zero-order valence-corrected chi connectivity index (χ0v) is 22.4. The maximum Gasteiger partial charge on any atom is 0.0721 e. The van der Waals surface area contributed by atoms with Crippen molar-refractivity contribution in [1.29, 1.82) is 0 Å². The second-order valence-electron chi connectivity index (χ2n) is 10.5. The first-order valence-corrected chi connectivity index (χ1v) is 14.3. The zero-order valence-electron chi connectivity index (χ0n) is 22.4. The molecule has 190 valence electrons. The lowest BCUT2D eigenvalue weighted by atomic mass is 9.77. The summed E-state index contributed by atoms with van der Waals surface area (Å²) >= 11 is 0. The van der Waals surface area contributed by atoms with Crippen molar-refractivity contribution in [2.75, 3.05) is 6.61 Å². The normalized spacial score (nSPS) is 18.6. The van der Waals surface area contributed by atoms with Crippen molar-refractivity contribution < 1.29 is 4.74 Å². The van der Waals surface area contributed by atoms with E-state index in [1.807, 2.05) is 19.1 Å². The molecule has 2 aromatic rings. The molecule has 1 saturated carbocycles. The Morgan fingerprint density at radius 1 is 0.686 bits per heavy atom. The van der Waals surface area contributed by atoms with Crippen LogP contribution in [0.3, 0.4) is 0 Å². The van der Waals surface area contributed by atoms with Gasteiger partial charge in [-0.1, -0.05) is 118 Å². The molecule has 0 saturated heterocycles. The second-order valence-corrected chi connectivity index (χ2v) is 10.5. The van der Waals surface area contributed by atoms with E-state index < -0.39 is 0 Å². The molecule has 0 N–H and O–H groups in total. The minimum Gasteiger partial charge on any atom is -0.373 e. The average molecular weight is 473 g/mol. The molecule has 1 heteroatoms. The molecule has 0 spiro atoms. The molecule has 0 unspecified atom stereocenters. The van der Waals surface area contributed by atoms with Crippen LogP contribution in [0, 0.1) is 11.8 Å². The van der Waals surface area contributed by atoms with Gasteiger partial charge < -0.3 is 4.74 Å². The fourth-order valence-corrected chi connectivity index (χ4v) is 5.31. The van der Waals surface area contributed by atoms with Crippen LogP contribution in [0.15, 0.2) is 72.8 Å². The summed E-state index contributed by atoms with van der Waals surface area (Å²) < 4.78 is 5.64. The number of benzene rings is 2. The summed E-state index contributed by atoms with van der Waals surface area (Å²) in [7, 11) is 0. The molecule has 0 aromatic heterocycles. The predicted octanol–water partition coefficient (Wildman–Crippen LogP) is 9.44. The van der Waals surface area contributed by atoms with Gasteiger partial charge in [-0.2, -0.15) is 0 Å². The van der Waals surface area contributed by atoms with Crippen molar-refractivity contribution in [1.82, 2.24) is 0 Å². The second kappa shape index (κ2) is 16.5. The molecule has 0 amide bonds. The van der Waals surface area contributed by atoms with Crippen molar-refractivity contribution in [2.45, 2.75) is 97.5 Å². The molecule has 1 nitrogen and oxygen atoms in total. The maximum atomic E-state index is 5.64. The first-order chi connectivity index (χ1) is 17.3. The number of aryl methyl sites for hydroxylation is 2. The van der Waals surface area contributed by atoms with Gasteiger partial charge in [-0.05, 0) is 79.5 Å². The Balaban J connectivity index is 1.24. The Kier molecular flexibility index (Phi) is 13.0. The van der Waals surface area contributed by atoms with Crippen molar-refractivity contribution in [3.05, 3.63) is 95.1 Å². The largest absolute Gasteiger partial charge is 0.373 e. The fourth-order valence-electron chi connectivity index (χ4n) is 5.31. The standard InChI is InChI=1S/C34H48O/c1-3-5-7-10-29-13-17-32(18-14-29)21-22-33-19-15-30(16-20-33)11-8-9-12-31-23-25-34(26-24-31)28-35-27-6-4-2/h4-7,13-14,17-18,23-26,30,33H,3,8-12,15-16,19-22,27-28H2,1-2H3/b6-4+,7-5+. The lowest BCUT2D eigenvalue weighted by molar-refractivity contribution is 0.148. The van der Waals surface area contributed by atoms with E-state index in [1.165, 1.54) is 86.5 Å². The van der Waals surface area contributed by atoms with Crippen LogP contribution in [-0.2, 0) is 30.6 Å². The third-order valence-corrected chi connectivity index (χ3v) is 7.66. The van der Waals surface area contributed by atoms with Crippen LogP contribution in [0.25, 0.3) is 0 Å². The third kappa shape index (κ3) is 11.0. The number of allylic oxidation sites excluding steroid dienone is 3. The maximum absolute atomic E-state index is 5.64. The van der Waals surface area contributed by atoms with Crippen LogP contribution in [0.1, 0.15) is 93.9 Å². The van der Waals surface area contributed by atoms with E-state index in [0.717, 1.165) is 24.7 Å². The van der Waals surface area contributed by atoms with Gasteiger partial charge >= 0.3 is 0 Å². The molecule has 35 heavy (non-hydrogen) atoms. The quantitative estimate of drug-likeness (QED) is 0.185. The van der Waals surface area contributed by atoms with Gasteiger partial charge in [-0.15, -0.1) is 0 Å². The summed E-state index contributed by atoms with van der Waals surface area (Å²) in [5, 5.41) is 0. The third-order valence-electron chi connectivity index (χ3n) is 7.66. The molecule has 0 heterocycles. The lowest BCUT2D eigenvalue weighted by Crippen LogP contribution is -2.15. The van der Waals surface area contributed by atoms with Crippen molar-refractivity contribution in [2.24, 2.45) is 11.8 Å². The van der Waals surface area contributed by atoms with Crippen molar-refractivity contribution >= 4 is 0 Å².